The minimum Gasteiger partial charge on any atom is -0.356 e. The average molecular weight is 438 g/mol. The maximum atomic E-state index is 3.62. The van der Waals surface area contributed by atoms with Gasteiger partial charge < -0.3 is 5.32 Å². The van der Waals surface area contributed by atoms with E-state index in [4.69, 9.17) is 0 Å². The Balaban J connectivity index is 1.30. The molecule has 0 saturated carbocycles. The van der Waals surface area contributed by atoms with Gasteiger partial charge in [0.25, 0.3) is 0 Å². The van der Waals surface area contributed by atoms with Crippen LogP contribution in [0.3, 0.4) is 0 Å². The largest absolute Gasteiger partial charge is 0.356 e. The first-order valence-electron chi connectivity index (χ1n) is 11.9. The second-order valence-corrected chi connectivity index (χ2v) is 9.54. The second kappa shape index (κ2) is 8.04. The van der Waals surface area contributed by atoms with Gasteiger partial charge in [-0.05, 0) is 68.8 Å². The molecule has 0 amide bonds. The summed E-state index contributed by atoms with van der Waals surface area (Å²) in [6.07, 6.45) is 0. The van der Waals surface area contributed by atoms with Crippen molar-refractivity contribution in [2.24, 2.45) is 0 Å². The molecule has 1 N–H and O–H groups in total. The Labute approximate surface area is 201 Å². The molecule has 0 atom stereocenters. The average Bonchev–Trinajstić information content (AvgIpc) is 3.11. The Morgan fingerprint density at radius 2 is 0.971 bits per heavy atom. The van der Waals surface area contributed by atoms with Gasteiger partial charge in [0.1, 0.15) is 0 Å². The zero-order valence-electron chi connectivity index (χ0n) is 19.5. The molecule has 0 aromatic heterocycles. The van der Waals surface area contributed by atoms with Crippen LogP contribution < -0.4 is 5.32 Å². The molecule has 164 valence electrons. The summed E-state index contributed by atoms with van der Waals surface area (Å²) in [6.45, 7) is 4.63. The fraction of sp³-hybridized carbons (Fsp3) is 0.0909. The van der Waals surface area contributed by atoms with E-state index in [9.17, 15) is 0 Å². The van der Waals surface area contributed by atoms with Crippen molar-refractivity contribution in [3.8, 4) is 33.4 Å². The molecule has 0 aliphatic heterocycles. The van der Waals surface area contributed by atoms with E-state index in [1.54, 1.807) is 0 Å². The van der Waals surface area contributed by atoms with E-state index in [0.29, 0.717) is 0 Å². The molecule has 0 fully saturated rings. The Morgan fingerprint density at radius 3 is 1.68 bits per heavy atom. The number of benzene rings is 5. The molecule has 5 aromatic rings. The summed E-state index contributed by atoms with van der Waals surface area (Å²) >= 11 is 0. The lowest BCUT2D eigenvalue weighted by Crippen LogP contribution is -2.14. The number of nitrogens with one attached hydrogen (secondary N) is 1. The van der Waals surface area contributed by atoms with Gasteiger partial charge in [-0.15, -0.1) is 0 Å². The maximum Gasteiger partial charge on any atom is 0.0390 e. The van der Waals surface area contributed by atoms with E-state index in [-0.39, 0.29) is 5.41 Å². The third kappa shape index (κ3) is 3.41. The SMILES string of the molecule is CC1(C)c2ccccc2-c2cc(Nc3ccc(-c4ccccc4-c4ccccc4)cc3)ccc21. The van der Waals surface area contributed by atoms with E-state index in [0.717, 1.165) is 11.4 Å². The summed E-state index contributed by atoms with van der Waals surface area (Å²) in [5.74, 6) is 0. The highest BCUT2D eigenvalue weighted by molar-refractivity contribution is 5.85. The minimum atomic E-state index is 0.0399. The third-order valence-electron chi connectivity index (χ3n) is 7.08. The van der Waals surface area contributed by atoms with Crippen molar-refractivity contribution in [2.75, 3.05) is 5.32 Å². The second-order valence-electron chi connectivity index (χ2n) is 9.54. The van der Waals surface area contributed by atoms with E-state index >= 15 is 0 Å². The lowest BCUT2D eigenvalue weighted by molar-refractivity contribution is 0.660. The van der Waals surface area contributed by atoms with Crippen molar-refractivity contribution in [2.45, 2.75) is 19.3 Å². The van der Waals surface area contributed by atoms with Crippen molar-refractivity contribution < 1.29 is 0 Å². The van der Waals surface area contributed by atoms with Gasteiger partial charge in [0.05, 0.1) is 0 Å². The van der Waals surface area contributed by atoms with Crippen LogP contribution in [0.25, 0.3) is 33.4 Å². The molecule has 1 aliphatic carbocycles. The van der Waals surface area contributed by atoms with Crippen LogP contribution in [-0.2, 0) is 5.41 Å². The fourth-order valence-electron chi connectivity index (χ4n) is 5.30. The highest BCUT2D eigenvalue weighted by Crippen LogP contribution is 2.49. The number of fused-ring (bicyclic) bond motifs is 3. The van der Waals surface area contributed by atoms with Gasteiger partial charge >= 0.3 is 0 Å². The van der Waals surface area contributed by atoms with Crippen LogP contribution in [-0.4, -0.2) is 0 Å². The summed E-state index contributed by atoms with van der Waals surface area (Å²) in [4.78, 5) is 0. The highest BCUT2D eigenvalue weighted by Gasteiger charge is 2.34. The van der Waals surface area contributed by atoms with Gasteiger partial charge in [0.2, 0.25) is 0 Å². The molecule has 0 heterocycles. The van der Waals surface area contributed by atoms with Crippen LogP contribution in [0.1, 0.15) is 25.0 Å². The first-order chi connectivity index (χ1) is 16.6. The zero-order chi connectivity index (χ0) is 23.1. The summed E-state index contributed by atoms with van der Waals surface area (Å²) in [7, 11) is 0. The lowest BCUT2D eigenvalue weighted by Gasteiger charge is -2.21. The molecule has 0 unspecified atom stereocenters. The maximum absolute atomic E-state index is 3.62. The van der Waals surface area contributed by atoms with Crippen molar-refractivity contribution in [3.63, 3.8) is 0 Å². The number of hydrogen-bond acceptors (Lipinski definition) is 1. The first-order valence-corrected chi connectivity index (χ1v) is 11.9. The summed E-state index contributed by atoms with van der Waals surface area (Å²) in [6, 6.07) is 43.5. The van der Waals surface area contributed by atoms with E-state index in [1.165, 1.54) is 44.5 Å². The molecule has 0 bridgehead atoms. The molecular weight excluding hydrogens is 410 g/mol. The predicted octanol–water partition coefficient (Wildman–Crippen LogP) is 9.07. The molecule has 1 aliphatic rings. The Kier molecular flexibility index (Phi) is 4.85. The monoisotopic (exact) mass is 437 g/mol. The van der Waals surface area contributed by atoms with Gasteiger partial charge in [-0.2, -0.15) is 0 Å². The molecule has 0 radical (unpaired) electrons. The fourth-order valence-corrected chi connectivity index (χ4v) is 5.30. The normalized spacial score (nSPS) is 13.2. The van der Waals surface area contributed by atoms with Crippen LogP contribution in [0, 0.1) is 0 Å². The minimum absolute atomic E-state index is 0.0399. The molecule has 0 spiro atoms. The smallest absolute Gasteiger partial charge is 0.0390 e. The van der Waals surface area contributed by atoms with E-state index in [1.807, 2.05) is 0 Å². The van der Waals surface area contributed by atoms with Gasteiger partial charge in [-0.25, -0.2) is 0 Å². The number of hydrogen-bond donors (Lipinski definition) is 1. The lowest BCUT2D eigenvalue weighted by atomic mass is 9.82. The molecule has 0 saturated heterocycles. The van der Waals surface area contributed by atoms with Crippen LogP contribution in [0.4, 0.5) is 11.4 Å². The zero-order valence-corrected chi connectivity index (χ0v) is 19.5. The van der Waals surface area contributed by atoms with Gasteiger partial charge in [0.15, 0.2) is 0 Å². The van der Waals surface area contributed by atoms with E-state index < -0.39 is 0 Å². The van der Waals surface area contributed by atoms with Gasteiger partial charge in [-0.1, -0.05) is 111 Å². The predicted molar refractivity (Wildman–Crippen MR) is 145 cm³/mol. The number of anilines is 2. The van der Waals surface area contributed by atoms with Crippen molar-refractivity contribution >= 4 is 11.4 Å². The first kappa shape index (κ1) is 20.5. The summed E-state index contributed by atoms with van der Waals surface area (Å²) < 4.78 is 0. The molecule has 1 nitrogen and oxygen atoms in total. The van der Waals surface area contributed by atoms with Crippen molar-refractivity contribution in [1.82, 2.24) is 0 Å². The van der Waals surface area contributed by atoms with Crippen molar-refractivity contribution in [3.05, 3.63) is 132 Å². The molecule has 1 heteroatoms. The molecule has 5 aromatic carbocycles. The topological polar surface area (TPSA) is 12.0 Å². The molecular formula is C33H27N. The van der Waals surface area contributed by atoms with E-state index in [2.05, 4.69) is 140 Å². The van der Waals surface area contributed by atoms with Crippen LogP contribution in [0.2, 0.25) is 0 Å². The van der Waals surface area contributed by atoms with Gasteiger partial charge in [-0.3, -0.25) is 0 Å². The summed E-state index contributed by atoms with van der Waals surface area (Å²) in [5, 5.41) is 3.62. The standard InChI is InChI=1S/C33H27N/c1-33(2)31-15-9-8-14-29(31)30-22-26(20-21-32(30)33)34-25-18-16-24(17-19-25)28-13-7-6-12-27(28)23-10-4-3-5-11-23/h3-22,34H,1-2H3. The summed E-state index contributed by atoms with van der Waals surface area (Å²) in [5.41, 5.74) is 12.7. The van der Waals surface area contributed by atoms with Crippen LogP contribution in [0.15, 0.2) is 121 Å². The Hall–Kier alpha value is -4.10. The Morgan fingerprint density at radius 1 is 0.441 bits per heavy atom. The van der Waals surface area contributed by atoms with Gasteiger partial charge in [0, 0.05) is 16.8 Å². The third-order valence-corrected chi connectivity index (χ3v) is 7.08. The van der Waals surface area contributed by atoms with Crippen molar-refractivity contribution in [1.29, 1.82) is 0 Å². The Bertz CT molecular complexity index is 1480. The van der Waals surface area contributed by atoms with Crippen LogP contribution in [0.5, 0.6) is 0 Å². The van der Waals surface area contributed by atoms with Crippen LogP contribution >= 0.6 is 0 Å². The molecule has 6 rings (SSSR count). The quantitative estimate of drug-likeness (QED) is 0.296. The number of rotatable bonds is 4. The molecule has 34 heavy (non-hydrogen) atoms. The highest BCUT2D eigenvalue weighted by atomic mass is 14.9.